The summed E-state index contributed by atoms with van der Waals surface area (Å²) in [6.07, 6.45) is 0.965. The first kappa shape index (κ1) is 14.7. The molecule has 110 valence electrons. The Morgan fingerprint density at radius 3 is 2.50 bits per heavy atom. The fraction of sp³-hybridized carbons (Fsp3) is 0.500. The Balaban J connectivity index is 2.67. The van der Waals surface area contributed by atoms with Crippen molar-refractivity contribution in [3.8, 4) is 11.5 Å². The van der Waals surface area contributed by atoms with Gasteiger partial charge in [-0.15, -0.1) is 0 Å². The lowest BCUT2D eigenvalue weighted by Crippen LogP contribution is -2.07. The molecule has 0 saturated carbocycles. The van der Waals surface area contributed by atoms with Crippen LogP contribution in [-0.2, 0) is 13.0 Å². The first-order valence-corrected chi connectivity index (χ1v) is 6.91. The van der Waals surface area contributed by atoms with Crippen molar-refractivity contribution in [3.63, 3.8) is 0 Å². The van der Waals surface area contributed by atoms with Crippen molar-refractivity contribution in [2.45, 2.75) is 26.8 Å². The van der Waals surface area contributed by atoms with Crippen LogP contribution in [0.15, 0.2) is 16.5 Å². The second kappa shape index (κ2) is 6.18. The maximum atomic E-state index is 6.00. The fourth-order valence-electron chi connectivity index (χ4n) is 2.48. The van der Waals surface area contributed by atoms with Gasteiger partial charge in [-0.2, -0.15) is 0 Å². The lowest BCUT2D eigenvalue weighted by atomic mass is 9.99. The van der Waals surface area contributed by atoms with Gasteiger partial charge in [-0.25, -0.2) is 0 Å². The molecule has 4 nitrogen and oxygen atoms in total. The molecular weight excluding hydrogens is 254 g/mol. The van der Waals surface area contributed by atoms with E-state index in [0.29, 0.717) is 12.5 Å². The van der Waals surface area contributed by atoms with Crippen LogP contribution < -0.4 is 14.8 Å². The summed E-state index contributed by atoms with van der Waals surface area (Å²) in [6.45, 7) is 5.12. The van der Waals surface area contributed by atoms with Gasteiger partial charge in [-0.3, -0.25) is 0 Å². The molecule has 0 atom stereocenters. The van der Waals surface area contributed by atoms with Gasteiger partial charge in [0.25, 0.3) is 0 Å². The highest BCUT2D eigenvalue weighted by Gasteiger charge is 2.19. The molecule has 0 bridgehead atoms. The summed E-state index contributed by atoms with van der Waals surface area (Å²) in [4.78, 5) is 0. The minimum absolute atomic E-state index is 0.554. The molecule has 0 aliphatic heterocycles. The lowest BCUT2D eigenvalue weighted by molar-refractivity contribution is 0.397. The topological polar surface area (TPSA) is 43.6 Å². The number of hydrogen-bond acceptors (Lipinski definition) is 4. The molecule has 2 aromatic rings. The van der Waals surface area contributed by atoms with E-state index in [4.69, 9.17) is 13.9 Å². The average molecular weight is 277 g/mol. The van der Waals surface area contributed by atoms with Crippen molar-refractivity contribution in [2.75, 3.05) is 21.3 Å². The number of furan rings is 1. The molecule has 0 amide bonds. The molecule has 0 unspecified atom stereocenters. The second-order valence-electron chi connectivity index (χ2n) is 5.33. The van der Waals surface area contributed by atoms with Crippen molar-refractivity contribution < 1.29 is 13.9 Å². The van der Waals surface area contributed by atoms with Gasteiger partial charge in [0.05, 0.1) is 26.2 Å². The third kappa shape index (κ3) is 2.75. The minimum Gasteiger partial charge on any atom is -0.496 e. The van der Waals surface area contributed by atoms with Crippen LogP contribution in [0.3, 0.4) is 0 Å². The Hall–Kier alpha value is -1.68. The predicted molar refractivity (Wildman–Crippen MR) is 80.6 cm³/mol. The maximum Gasteiger partial charge on any atom is 0.142 e. The molecule has 0 aliphatic rings. The van der Waals surface area contributed by atoms with Crippen molar-refractivity contribution in [1.82, 2.24) is 5.32 Å². The molecule has 0 fully saturated rings. The third-order valence-electron chi connectivity index (χ3n) is 3.32. The van der Waals surface area contributed by atoms with Crippen molar-refractivity contribution >= 4 is 11.0 Å². The summed E-state index contributed by atoms with van der Waals surface area (Å²) in [5, 5.41) is 4.22. The molecular formula is C16H23NO3. The molecule has 4 heteroatoms. The molecule has 1 aromatic carbocycles. The van der Waals surface area contributed by atoms with E-state index in [1.165, 1.54) is 5.56 Å². The van der Waals surface area contributed by atoms with E-state index in [0.717, 1.165) is 34.6 Å². The molecule has 20 heavy (non-hydrogen) atoms. The highest BCUT2D eigenvalue weighted by molar-refractivity contribution is 5.90. The van der Waals surface area contributed by atoms with Crippen LogP contribution >= 0.6 is 0 Å². The van der Waals surface area contributed by atoms with E-state index in [-0.39, 0.29) is 0 Å². The summed E-state index contributed by atoms with van der Waals surface area (Å²) in [7, 11) is 5.25. The summed E-state index contributed by atoms with van der Waals surface area (Å²) in [6, 6.07) is 3.83. The van der Waals surface area contributed by atoms with Crippen LogP contribution in [0.1, 0.15) is 25.2 Å². The molecule has 2 rings (SSSR count). The van der Waals surface area contributed by atoms with Gasteiger partial charge >= 0.3 is 0 Å². The fourth-order valence-corrected chi connectivity index (χ4v) is 2.48. The number of ether oxygens (including phenoxy) is 2. The summed E-state index contributed by atoms with van der Waals surface area (Å²) in [5.74, 6) is 3.08. The Morgan fingerprint density at radius 2 is 1.95 bits per heavy atom. The van der Waals surface area contributed by atoms with Crippen molar-refractivity contribution in [3.05, 3.63) is 23.5 Å². The third-order valence-corrected chi connectivity index (χ3v) is 3.32. The number of hydrogen-bond donors (Lipinski definition) is 1. The van der Waals surface area contributed by atoms with Crippen LogP contribution in [0.5, 0.6) is 11.5 Å². The molecule has 1 aromatic heterocycles. The van der Waals surface area contributed by atoms with Gasteiger partial charge in [0, 0.05) is 17.7 Å². The molecule has 0 saturated heterocycles. The number of fused-ring (bicyclic) bond motifs is 1. The predicted octanol–water partition coefficient (Wildman–Crippen LogP) is 3.37. The lowest BCUT2D eigenvalue weighted by Gasteiger charge is -2.09. The Labute approximate surface area is 120 Å². The summed E-state index contributed by atoms with van der Waals surface area (Å²) < 4.78 is 16.8. The highest BCUT2D eigenvalue weighted by atomic mass is 16.5. The van der Waals surface area contributed by atoms with Crippen LogP contribution in [0.4, 0.5) is 0 Å². The zero-order valence-corrected chi connectivity index (χ0v) is 12.9. The van der Waals surface area contributed by atoms with Crippen LogP contribution in [-0.4, -0.2) is 21.3 Å². The zero-order valence-electron chi connectivity index (χ0n) is 12.9. The smallest absolute Gasteiger partial charge is 0.142 e. The molecule has 1 N–H and O–H groups in total. The van der Waals surface area contributed by atoms with E-state index >= 15 is 0 Å². The number of rotatable bonds is 6. The normalized spacial score (nSPS) is 11.3. The number of methoxy groups -OCH3 is 2. The van der Waals surface area contributed by atoms with Crippen molar-refractivity contribution in [1.29, 1.82) is 0 Å². The second-order valence-corrected chi connectivity index (χ2v) is 5.33. The Kier molecular flexibility index (Phi) is 4.55. The number of nitrogens with one attached hydrogen (secondary N) is 1. The highest BCUT2D eigenvalue weighted by Crippen LogP contribution is 2.38. The first-order valence-electron chi connectivity index (χ1n) is 6.91. The van der Waals surface area contributed by atoms with Gasteiger partial charge in [0.1, 0.15) is 22.8 Å². The quantitative estimate of drug-likeness (QED) is 0.879. The standard InChI is InChI=1S/C16H23NO3/c1-10(2)6-12-15(9-17-3)20-14-8-11(18-4)7-13(19-5)16(12)14/h7-8,10,17H,6,9H2,1-5H3. The van der Waals surface area contributed by atoms with Crippen molar-refractivity contribution in [2.24, 2.45) is 5.92 Å². The van der Waals surface area contributed by atoms with Crippen LogP contribution in [0, 0.1) is 5.92 Å². The van der Waals surface area contributed by atoms with E-state index in [1.54, 1.807) is 14.2 Å². The largest absolute Gasteiger partial charge is 0.496 e. The van der Waals surface area contributed by atoms with Crippen LogP contribution in [0.2, 0.25) is 0 Å². The van der Waals surface area contributed by atoms with Gasteiger partial charge in [-0.1, -0.05) is 13.8 Å². The van der Waals surface area contributed by atoms with E-state index in [9.17, 15) is 0 Å². The zero-order chi connectivity index (χ0) is 14.7. The summed E-state index contributed by atoms with van der Waals surface area (Å²) in [5.41, 5.74) is 2.05. The van der Waals surface area contributed by atoms with Gasteiger partial charge < -0.3 is 19.2 Å². The minimum atomic E-state index is 0.554. The van der Waals surface area contributed by atoms with E-state index in [2.05, 4.69) is 19.2 Å². The van der Waals surface area contributed by atoms with Gasteiger partial charge in [0.2, 0.25) is 0 Å². The maximum absolute atomic E-state index is 6.00. The first-order chi connectivity index (χ1) is 9.60. The SMILES string of the molecule is CNCc1oc2cc(OC)cc(OC)c2c1CC(C)C. The van der Waals surface area contributed by atoms with Gasteiger partial charge in [0.15, 0.2) is 0 Å². The molecule has 1 heterocycles. The van der Waals surface area contributed by atoms with E-state index in [1.807, 2.05) is 19.2 Å². The Bertz CT molecular complexity index is 587. The average Bonchev–Trinajstić information content (AvgIpc) is 2.75. The molecule has 0 aliphatic carbocycles. The van der Waals surface area contributed by atoms with Gasteiger partial charge in [-0.05, 0) is 19.4 Å². The summed E-state index contributed by atoms with van der Waals surface area (Å²) >= 11 is 0. The molecule has 0 spiro atoms. The van der Waals surface area contributed by atoms with E-state index < -0.39 is 0 Å². The number of benzene rings is 1. The Morgan fingerprint density at radius 1 is 1.20 bits per heavy atom. The monoisotopic (exact) mass is 277 g/mol. The van der Waals surface area contributed by atoms with Crippen LogP contribution in [0.25, 0.3) is 11.0 Å². The molecule has 0 radical (unpaired) electrons.